The number of carboxylic acid groups (broad SMARTS) is 1. The van der Waals surface area contributed by atoms with Crippen molar-refractivity contribution in [1.29, 1.82) is 0 Å². The average Bonchev–Trinajstić information content (AvgIpc) is 2.27. The van der Waals surface area contributed by atoms with E-state index in [1.54, 1.807) is 38.1 Å². The van der Waals surface area contributed by atoms with Crippen LogP contribution in [0, 0.1) is 5.92 Å². The third kappa shape index (κ3) is 5.09. The highest BCUT2D eigenvalue weighted by Crippen LogP contribution is 2.22. The number of amides is 1. The fourth-order valence-corrected chi connectivity index (χ4v) is 1.86. The van der Waals surface area contributed by atoms with Gasteiger partial charge in [0.25, 0.3) is 0 Å². The molecule has 1 rings (SSSR count). The highest BCUT2D eigenvalue weighted by molar-refractivity contribution is 5.91. The van der Waals surface area contributed by atoms with Gasteiger partial charge in [0.15, 0.2) is 0 Å². The van der Waals surface area contributed by atoms with Gasteiger partial charge in [-0.1, -0.05) is 25.1 Å². The molecule has 0 heterocycles. The number of anilines is 1. The summed E-state index contributed by atoms with van der Waals surface area (Å²) in [6.07, 6.45) is -0.570. The Bertz CT molecular complexity index is 457. The van der Waals surface area contributed by atoms with Crippen LogP contribution in [-0.2, 0) is 9.59 Å². The number of aliphatic carboxylic acids is 1. The number of benzene rings is 1. The summed E-state index contributed by atoms with van der Waals surface area (Å²) in [5, 5.41) is 20.9. The summed E-state index contributed by atoms with van der Waals surface area (Å²) >= 11 is 0. The molecular weight excluding hydrogens is 246 g/mol. The maximum Gasteiger partial charge on any atom is 0.303 e. The molecule has 0 bridgehead atoms. The van der Waals surface area contributed by atoms with Crippen molar-refractivity contribution in [1.82, 2.24) is 0 Å². The van der Waals surface area contributed by atoms with E-state index in [0.29, 0.717) is 11.3 Å². The van der Waals surface area contributed by atoms with Crippen molar-refractivity contribution in [3.8, 4) is 0 Å². The topological polar surface area (TPSA) is 86.6 Å². The Labute approximate surface area is 112 Å². The van der Waals surface area contributed by atoms with Crippen molar-refractivity contribution in [3.63, 3.8) is 0 Å². The van der Waals surface area contributed by atoms with Crippen molar-refractivity contribution in [2.24, 2.45) is 5.92 Å². The lowest BCUT2D eigenvalue weighted by Gasteiger charge is -2.14. The van der Waals surface area contributed by atoms with E-state index in [1.165, 1.54) is 0 Å². The smallest absolute Gasteiger partial charge is 0.303 e. The Morgan fingerprint density at radius 1 is 1.21 bits per heavy atom. The minimum Gasteiger partial charge on any atom is -0.481 e. The first-order valence-corrected chi connectivity index (χ1v) is 6.18. The molecule has 1 aromatic carbocycles. The fourth-order valence-electron chi connectivity index (χ4n) is 1.86. The van der Waals surface area contributed by atoms with Gasteiger partial charge >= 0.3 is 5.97 Å². The highest BCUT2D eigenvalue weighted by atomic mass is 16.4. The number of carbonyl (C=O) groups excluding carboxylic acids is 1. The summed E-state index contributed by atoms with van der Waals surface area (Å²) in [5.74, 6) is -1.39. The van der Waals surface area contributed by atoms with E-state index in [2.05, 4.69) is 5.32 Å². The second-order valence-electron chi connectivity index (χ2n) is 4.72. The molecular formula is C14H19NO4. The molecule has 0 radical (unpaired) electrons. The second-order valence-corrected chi connectivity index (χ2v) is 4.72. The molecule has 104 valence electrons. The molecule has 0 aliphatic heterocycles. The molecule has 3 N–H and O–H groups in total. The Morgan fingerprint density at radius 2 is 1.84 bits per heavy atom. The molecule has 0 saturated heterocycles. The van der Waals surface area contributed by atoms with Crippen LogP contribution in [0.5, 0.6) is 0 Å². The summed E-state index contributed by atoms with van der Waals surface area (Å²) in [7, 11) is 0. The number of nitrogens with one attached hydrogen (secondary N) is 1. The number of carboxylic acids is 1. The standard InChI is InChI=1S/C14H19NO4/c1-9(8-14(18)19)7-13(17)15-12-6-4-3-5-11(12)10(2)16/h3-6,9-10,16H,7-8H2,1-2H3,(H,15,17)(H,18,19). The number of hydrogen-bond donors (Lipinski definition) is 3. The molecule has 1 amide bonds. The van der Waals surface area contributed by atoms with Crippen LogP contribution in [0.15, 0.2) is 24.3 Å². The summed E-state index contributed by atoms with van der Waals surface area (Å²) in [6.45, 7) is 3.34. The molecule has 2 atom stereocenters. The second kappa shape index (κ2) is 6.89. The summed E-state index contributed by atoms with van der Waals surface area (Å²) in [5.41, 5.74) is 1.20. The molecule has 2 unspecified atom stereocenters. The van der Waals surface area contributed by atoms with Gasteiger partial charge in [-0.2, -0.15) is 0 Å². The SMILES string of the molecule is CC(CC(=O)O)CC(=O)Nc1ccccc1C(C)O. The average molecular weight is 265 g/mol. The Hall–Kier alpha value is -1.88. The van der Waals surface area contributed by atoms with Gasteiger partial charge in [0.1, 0.15) is 0 Å². The van der Waals surface area contributed by atoms with Crippen molar-refractivity contribution in [3.05, 3.63) is 29.8 Å². The van der Waals surface area contributed by atoms with Crippen LogP contribution in [0.1, 0.15) is 38.4 Å². The number of rotatable bonds is 6. The summed E-state index contributed by atoms with van der Waals surface area (Å²) in [6, 6.07) is 7.00. The normalized spacial score (nSPS) is 13.6. The van der Waals surface area contributed by atoms with Crippen molar-refractivity contribution in [2.75, 3.05) is 5.32 Å². The lowest BCUT2D eigenvalue weighted by Crippen LogP contribution is -2.18. The maximum absolute atomic E-state index is 11.8. The summed E-state index contributed by atoms with van der Waals surface area (Å²) in [4.78, 5) is 22.3. The molecule has 0 saturated carbocycles. The lowest BCUT2D eigenvalue weighted by molar-refractivity contribution is -0.138. The van der Waals surface area contributed by atoms with E-state index in [9.17, 15) is 14.7 Å². The maximum atomic E-state index is 11.8. The predicted molar refractivity (Wildman–Crippen MR) is 71.7 cm³/mol. The van der Waals surface area contributed by atoms with Gasteiger partial charge in [0.05, 0.1) is 6.10 Å². The van der Waals surface area contributed by atoms with Gasteiger partial charge in [-0.15, -0.1) is 0 Å². The molecule has 0 fully saturated rings. The van der Waals surface area contributed by atoms with Crippen molar-refractivity contribution < 1.29 is 19.8 Å². The Kier molecular flexibility index (Phi) is 5.51. The highest BCUT2D eigenvalue weighted by Gasteiger charge is 2.14. The molecule has 0 aromatic heterocycles. The fraction of sp³-hybridized carbons (Fsp3) is 0.429. The first kappa shape index (κ1) is 15.2. The van der Waals surface area contributed by atoms with Gasteiger partial charge in [0.2, 0.25) is 5.91 Å². The quantitative estimate of drug-likeness (QED) is 0.735. The molecule has 5 nitrogen and oxygen atoms in total. The van der Waals surface area contributed by atoms with Gasteiger partial charge in [-0.05, 0) is 18.9 Å². The van der Waals surface area contributed by atoms with Crippen molar-refractivity contribution >= 4 is 17.6 Å². The zero-order valence-electron chi connectivity index (χ0n) is 11.1. The van der Waals surface area contributed by atoms with Crippen LogP contribution in [0.25, 0.3) is 0 Å². The number of aliphatic hydroxyl groups is 1. The summed E-state index contributed by atoms with van der Waals surface area (Å²) < 4.78 is 0. The van der Waals surface area contributed by atoms with E-state index >= 15 is 0 Å². The van der Waals surface area contributed by atoms with Gasteiger partial charge in [0, 0.05) is 24.1 Å². The van der Waals surface area contributed by atoms with Crippen LogP contribution in [0.3, 0.4) is 0 Å². The molecule has 0 aliphatic rings. The first-order valence-electron chi connectivity index (χ1n) is 6.18. The predicted octanol–water partition coefficient (Wildman–Crippen LogP) is 2.18. The van der Waals surface area contributed by atoms with Gasteiger partial charge < -0.3 is 15.5 Å². The molecule has 5 heteroatoms. The van der Waals surface area contributed by atoms with Crippen molar-refractivity contribution in [2.45, 2.75) is 32.8 Å². The van der Waals surface area contributed by atoms with Crippen LogP contribution < -0.4 is 5.32 Å². The van der Waals surface area contributed by atoms with Gasteiger partial charge in [-0.3, -0.25) is 9.59 Å². The molecule has 19 heavy (non-hydrogen) atoms. The van der Waals surface area contributed by atoms with Gasteiger partial charge in [-0.25, -0.2) is 0 Å². The minimum absolute atomic E-state index is 0.0362. The third-order valence-electron chi connectivity index (χ3n) is 2.74. The van der Waals surface area contributed by atoms with E-state index < -0.39 is 12.1 Å². The van der Waals surface area contributed by atoms with E-state index in [4.69, 9.17) is 5.11 Å². The molecule has 1 aromatic rings. The minimum atomic E-state index is -0.912. The Morgan fingerprint density at radius 3 is 2.42 bits per heavy atom. The number of aliphatic hydroxyl groups excluding tert-OH is 1. The lowest BCUT2D eigenvalue weighted by atomic mass is 10.0. The number of hydrogen-bond acceptors (Lipinski definition) is 3. The molecule has 0 spiro atoms. The Balaban J connectivity index is 2.64. The monoisotopic (exact) mass is 265 g/mol. The van der Waals surface area contributed by atoms with E-state index in [1.807, 2.05) is 0 Å². The van der Waals surface area contributed by atoms with E-state index in [-0.39, 0.29) is 24.7 Å². The zero-order valence-corrected chi connectivity index (χ0v) is 11.1. The van der Waals surface area contributed by atoms with Crippen LogP contribution in [0.4, 0.5) is 5.69 Å². The largest absolute Gasteiger partial charge is 0.481 e. The molecule has 0 aliphatic carbocycles. The first-order chi connectivity index (χ1) is 8.90. The number of carbonyl (C=O) groups is 2. The van der Waals surface area contributed by atoms with Crippen LogP contribution in [0.2, 0.25) is 0 Å². The zero-order chi connectivity index (χ0) is 14.4. The van der Waals surface area contributed by atoms with Crippen LogP contribution >= 0.6 is 0 Å². The van der Waals surface area contributed by atoms with E-state index in [0.717, 1.165) is 0 Å². The number of para-hydroxylation sites is 1. The van der Waals surface area contributed by atoms with Crippen LogP contribution in [-0.4, -0.2) is 22.1 Å². The third-order valence-corrected chi connectivity index (χ3v) is 2.74.